The van der Waals surface area contributed by atoms with Crippen LogP contribution < -0.4 is 5.32 Å². The van der Waals surface area contributed by atoms with Crippen LogP contribution in [0.4, 0.5) is 0 Å². The van der Waals surface area contributed by atoms with E-state index < -0.39 is 0 Å². The van der Waals surface area contributed by atoms with Crippen molar-refractivity contribution in [1.29, 1.82) is 0 Å². The summed E-state index contributed by atoms with van der Waals surface area (Å²) in [5.41, 5.74) is 0. The van der Waals surface area contributed by atoms with E-state index in [0.717, 1.165) is 18.8 Å². The summed E-state index contributed by atoms with van der Waals surface area (Å²) >= 11 is 0. The van der Waals surface area contributed by atoms with E-state index in [1.165, 1.54) is 6.42 Å². The molecule has 0 heterocycles. The van der Waals surface area contributed by atoms with Gasteiger partial charge in [-0.1, -0.05) is 27.2 Å². The van der Waals surface area contributed by atoms with Crippen molar-refractivity contribution >= 4 is 0 Å². The molecule has 0 fully saturated rings. The van der Waals surface area contributed by atoms with Gasteiger partial charge in [-0.3, -0.25) is 5.32 Å². The zero-order valence-electron chi connectivity index (χ0n) is 8.80. The van der Waals surface area contributed by atoms with Gasteiger partial charge in [-0.15, -0.1) is 0 Å². The van der Waals surface area contributed by atoms with Crippen molar-refractivity contribution in [3.05, 3.63) is 0 Å². The number of nitrogens with one attached hydrogen (secondary N) is 1. The van der Waals surface area contributed by atoms with Crippen molar-refractivity contribution in [2.45, 2.75) is 59.2 Å². The van der Waals surface area contributed by atoms with E-state index in [4.69, 9.17) is 5.11 Å². The van der Waals surface area contributed by atoms with Gasteiger partial charge in [-0.2, -0.15) is 0 Å². The predicted molar refractivity (Wildman–Crippen MR) is 53.0 cm³/mol. The molecule has 74 valence electrons. The predicted octanol–water partition coefficient (Wildman–Crippen LogP) is 2.13. The van der Waals surface area contributed by atoms with Crippen LogP contribution in [0.3, 0.4) is 0 Å². The molecule has 0 aromatic heterocycles. The van der Waals surface area contributed by atoms with Crippen molar-refractivity contribution in [2.24, 2.45) is 5.92 Å². The molecule has 0 aliphatic rings. The SMILES string of the molecule is CCC(C)CC(CC)NC(C)O. The van der Waals surface area contributed by atoms with Crippen molar-refractivity contribution in [1.82, 2.24) is 5.32 Å². The Kier molecular flexibility index (Phi) is 6.39. The average molecular weight is 173 g/mol. The molecule has 0 aliphatic heterocycles. The lowest BCUT2D eigenvalue weighted by Gasteiger charge is -2.21. The second-order valence-corrected chi connectivity index (χ2v) is 3.70. The second kappa shape index (κ2) is 6.44. The van der Waals surface area contributed by atoms with Crippen LogP contribution in [0.2, 0.25) is 0 Å². The zero-order chi connectivity index (χ0) is 9.56. The fourth-order valence-corrected chi connectivity index (χ4v) is 1.35. The summed E-state index contributed by atoms with van der Waals surface area (Å²) in [6, 6.07) is 0.472. The maximum absolute atomic E-state index is 9.13. The van der Waals surface area contributed by atoms with Crippen LogP contribution in [0.25, 0.3) is 0 Å². The second-order valence-electron chi connectivity index (χ2n) is 3.70. The number of aliphatic hydroxyl groups is 1. The molecule has 0 bridgehead atoms. The van der Waals surface area contributed by atoms with Crippen molar-refractivity contribution in [3.8, 4) is 0 Å². The quantitative estimate of drug-likeness (QED) is 0.603. The average Bonchev–Trinajstić information content (AvgIpc) is 2.02. The molecule has 0 radical (unpaired) electrons. The largest absolute Gasteiger partial charge is 0.379 e. The third-order valence-corrected chi connectivity index (χ3v) is 2.35. The molecule has 0 saturated heterocycles. The van der Waals surface area contributed by atoms with Crippen molar-refractivity contribution < 1.29 is 5.11 Å². The Balaban J connectivity index is 3.66. The molecular formula is C10H23NO. The minimum atomic E-state index is -0.376. The minimum Gasteiger partial charge on any atom is -0.379 e. The molecule has 2 nitrogen and oxygen atoms in total. The topological polar surface area (TPSA) is 32.3 Å². The first kappa shape index (κ1) is 11.9. The van der Waals surface area contributed by atoms with E-state index >= 15 is 0 Å². The Morgan fingerprint density at radius 1 is 1.17 bits per heavy atom. The number of hydrogen-bond acceptors (Lipinski definition) is 2. The summed E-state index contributed by atoms with van der Waals surface area (Å²) in [7, 11) is 0. The fourth-order valence-electron chi connectivity index (χ4n) is 1.35. The first-order valence-electron chi connectivity index (χ1n) is 5.04. The highest BCUT2D eigenvalue weighted by Crippen LogP contribution is 2.11. The summed E-state index contributed by atoms with van der Waals surface area (Å²) in [4.78, 5) is 0. The van der Waals surface area contributed by atoms with Crippen LogP contribution >= 0.6 is 0 Å². The molecule has 3 unspecified atom stereocenters. The molecule has 0 aromatic carbocycles. The summed E-state index contributed by atoms with van der Waals surface area (Å²) < 4.78 is 0. The van der Waals surface area contributed by atoms with Gasteiger partial charge in [0.1, 0.15) is 6.23 Å². The molecule has 0 aliphatic carbocycles. The Labute approximate surface area is 76.4 Å². The van der Waals surface area contributed by atoms with Crippen molar-refractivity contribution in [2.75, 3.05) is 0 Å². The molecule has 0 saturated carbocycles. The van der Waals surface area contributed by atoms with Gasteiger partial charge in [0.15, 0.2) is 0 Å². The van der Waals surface area contributed by atoms with Gasteiger partial charge >= 0.3 is 0 Å². The van der Waals surface area contributed by atoms with Crippen molar-refractivity contribution in [3.63, 3.8) is 0 Å². The summed E-state index contributed by atoms with van der Waals surface area (Å²) in [5.74, 6) is 0.751. The van der Waals surface area contributed by atoms with Crippen LogP contribution in [0.5, 0.6) is 0 Å². The summed E-state index contributed by atoms with van der Waals surface area (Å²) in [6.45, 7) is 8.40. The van der Waals surface area contributed by atoms with Crippen LogP contribution in [-0.2, 0) is 0 Å². The molecule has 12 heavy (non-hydrogen) atoms. The lowest BCUT2D eigenvalue weighted by atomic mass is 9.98. The van der Waals surface area contributed by atoms with E-state index in [1.807, 2.05) is 0 Å². The Bertz CT molecular complexity index is 104. The monoisotopic (exact) mass is 173 g/mol. The van der Waals surface area contributed by atoms with Gasteiger partial charge in [-0.25, -0.2) is 0 Å². The van der Waals surface area contributed by atoms with Crippen LogP contribution in [0.1, 0.15) is 47.0 Å². The standard InChI is InChI=1S/C10H23NO/c1-5-8(3)7-10(6-2)11-9(4)12/h8-12H,5-7H2,1-4H3. The maximum Gasteiger partial charge on any atom is 0.102 e. The highest BCUT2D eigenvalue weighted by atomic mass is 16.3. The van der Waals surface area contributed by atoms with E-state index in [0.29, 0.717) is 6.04 Å². The van der Waals surface area contributed by atoms with Crippen LogP contribution in [0, 0.1) is 5.92 Å². The summed E-state index contributed by atoms with van der Waals surface area (Å²) in [6.07, 6.45) is 3.10. The minimum absolute atomic E-state index is 0.376. The molecule has 2 heteroatoms. The molecule has 3 atom stereocenters. The van der Waals surface area contributed by atoms with Gasteiger partial charge in [-0.05, 0) is 25.7 Å². The van der Waals surface area contributed by atoms with Gasteiger partial charge in [0.2, 0.25) is 0 Å². The third-order valence-electron chi connectivity index (χ3n) is 2.35. The lowest BCUT2D eigenvalue weighted by Crippen LogP contribution is -2.36. The van der Waals surface area contributed by atoms with Gasteiger partial charge in [0, 0.05) is 6.04 Å². The van der Waals surface area contributed by atoms with Gasteiger partial charge < -0.3 is 5.11 Å². The summed E-state index contributed by atoms with van der Waals surface area (Å²) in [5, 5.41) is 12.3. The van der Waals surface area contributed by atoms with E-state index in [1.54, 1.807) is 6.92 Å². The molecule has 0 amide bonds. The van der Waals surface area contributed by atoms with Gasteiger partial charge in [0.25, 0.3) is 0 Å². The van der Waals surface area contributed by atoms with E-state index in [-0.39, 0.29) is 6.23 Å². The normalized spacial score (nSPS) is 18.8. The molecular weight excluding hydrogens is 150 g/mol. The van der Waals surface area contributed by atoms with E-state index in [9.17, 15) is 0 Å². The molecule has 0 aromatic rings. The maximum atomic E-state index is 9.13. The van der Waals surface area contributed by atoms with Gasteiger partial charge in [0.05, 0.1) is 0 Å². The van der Waals surface area contributed by atoms with Crippen LogP contribution in [-0.4, -0.2) is 17.4 Å². The number of hydrogen-bond donors (Lipinski definition) is 2. The number of aliphatic hydroxyl groups excluding tert-OH is 1. The first-order chi connectivity index (χ1) is 5.60. The van der Waals surface area contributed by atoms with E-state index in [2.05, 4.69) is 26.1 Å². The molecule has 0 rings (SSSR count). The third kappa shape index (κ3) is 5.56. The smallest absolute Gasteiger partial charge is 0.102 e. The number of rotatable bonds is 6. The first-order valence-corrected chi connectivity index (χ1v) is 5.04. The Hall–Kier alpha value is -0.0800. The Morgan fingerprint density at radius 2 is 1.75 bits per heavy atom. The fraction of sp³-hybridized carbons (Fsp3) is 1.00. The zero-order valence-corrected chi connectivity index (χ0v) is 8.80. The molecule has 0 spiro atoms. The molecule has 2 N–H and O–H groups in total. The van der Waals surface area contributed by atoms with Crippen LogP contribution in [0.15, 0.2) is 0 Å². The highest BCUT2D eigenvalue weighted by molar-refractivity contribution is 4.68. The highest BCUT2D eigenvalue weighted by Gasteiger charge is 2.10. The lowest BCUT2D eigenvalue weighted by molar-refractivity contribution is 0.133. The Morgan fingerprint density at radius 3 is 2.08 bits per heavy atom.